The second kappa shape index (κ2) is 15.4. The Balaban J connectivity index is 0.956. The average molecular weight is 880 g/mol. The number of para-hydroxylation sites is 3. The molecule has 0 bridgehead atoms. The minimum atomic E-state index is -0.575. The highest BCUT2D eigenvalue weighted by Gasteiger charge is 2.51. The van der Waals surface area contributed by atoms with Crippen LogP contribution in [-0.2, 0) is 5.41 Å². The summed E-state index contributed by atoms with van der Waals surface area (Å²) in [5, 5.41) is 2.26. The van der Waals surface area contributed by atoms with Crippen molar-refractivity contribution in [2.75, 3.05) is 4.90 Å². The Bertz CT molecular complexity index is 3870. The summed E-state index contributed by atoms with van der Waals surface area (Å²) in [4.78, 5) is 17.8. The maximum Gasteiger partial charge on any atom is 0.238 e. The van der Waals surface area contributed by atoms with E-state index in [0.29, 0.717) is 17.6 Å². The standard InChI is InChI=1S/C64H41N5/c1-4-19-42(20-5-1)45-25-18-26-48(39-45)68-59-33-16-13-30-54(59)64(55-31-14-17-34-60(55)68)53-29-12-10-27-49(53)50-37-35-47(41-56(50)64)46-36-38-58-52(40-46)51-28-11-15-32-57(51)69(58)63-66-61(43-21-6-2-7-22-43)65-62(67-63)44-23-8-3-9-24-44/h1-41H. The minimum Gasteiger partial charge on any atom is -0.310 e. The fourth-order valence-electron chi connectivity index (χ4n) is 11.3. The lowest BCUT2D eigenvalue weighted by Gasteiger charge is -2.45. The van der Waals surface area contributed by atoms with Gasteiger partial charge in [0.05, 0.1) is 27.8 Å². The van der Waals surface area contributed by atoms with Crippen molar-refractivity contribution in [3.63, 3.8) is 0 Å². The van der Waals surface area contributed by atoms with Crippen LogP contribution in [0.15, 0.2) is 249 Å². The molecule has 69 heavy (non-hydrogen) atoms. The predicted molar refractivity (Wildman–Crippen MR) is 281 cm³/mol. The van der Waals surface area contributed by atoms with Gasteiger partial charge in [0.25, 0.3) is 0 Å². The van der Waals surface area contributed by atoms with Crippen LogP contribution in [-0.4, -0.2) is 19.5 Å². The molecular weight excluding hydrogens is 839 g/mol. The van der Waals surface area contributed by atoms with Gasteiger partial charge in [0.1, 0.15) is 0 Å². The van der Waals surface area contributed by atoms with Crippen molar-refractivity contribution in [2.45, 2.75) is 5.41 Å². The van der Waals surface area contributed by atoms with Crippen LogP contribution in [0.5, 0.6) is 0 Å². The molecule has 3 heterocycles. The normalized spacial score (nSPS) is 13.0. The molecule has 12 aromatic rings. The summed E-state index contributed by atoms with van der Waals surface area (Å²) in [5.74, 6) is 1.84. The highest BCUT2D eigenvalue weighted by atomic mass is 15.2. The highest BCUT2D eigenvalue weighted by molar-refractivity contribution is 6.10. The van der Waals surface area contributed by atoms with Crippen molar-refractivity contribution >= 4 is 38.9 Å². The van der Waals surface area contributed by atoms with Crippen molar-refractivity contribution in [1.29, 1.82) is 0 Å². The molecule has 0 N–H and O–H groups in total. The quantitative estimate of drug-likeness (QED) is 0.167. The van der Waals surface area contributed by atoms with Gasteiger partial charge in [-0.25, -0.2) is 4.98 Å². The fourth-order valence-corrected chi connectivity index (χ4v) is 11.3. The molecule has 0 radical (unpaired) electrons. The zero-order valence-electron chi connectivity index (χ0n) is 37.4. The largest absolute Gasteiger partial charge is 0.310 e. The summed E-state index contributed by atoms with van der Waals surface area (Å²) in [7, 11) is 0. The van der Waals surface area contributed by atoms with Gasteiger partial charge in [0.2, 0.25) is 5.95 Å². The zero-order chi connectivity index (χ0) is 45.5. The van der Waals surface area contributed by atoms with Gasteiger partial charge in [0, 0.05) is 27.6 Å². The molecule has 0 atom stereocenters. The number of rotatable bonds is 6. The molecule has 14 rings (SSSR count). The molecule has 0 fully saturated rings. The van der Waals surface area contributed by atoms with Gasteiger partial charge in [-0.2, -0.15) is 9.97 Å². The van der Waals surface area contributed by atoms with E-state index >= 15 is 0 Å². The lowest BCUT2D eigenvalue weighted by molar-refractivity contribution is 0.753. The van der Waals surface area contributed by atoms with Gasteiger partial charge in [0.15, 0.2) is 11.6 Å². The first-order valence-electron chi connectivity index (χ1n) is 23.5. The molecule has 1 spiro atoms. The Morgan fingerprint density at radius 1 is 0.304 bits per heavy atom. The fraction of sp³-hybridized carbons (Fsp3) is 0.0156. The number of nitrogens with zero attached hydrogens (tertiary/aromatic N) is 5. The first-order chi connectivity index (χ1) is 34.2. The zero-order valence-corrected chi connectivity index (χ0v) is 37.4. The van der Waals surface area contributed by atoms with Gasteiger partial charge in [-0.1, -0.05) is 200 Å². The number of anilines is 3. The lowest BCUT2D eigenvalue weighted by atomic mass is 9.64. The van der Waals surface area contributed by atoms with E-state index in [9.17, 15) is 0 Å². The van der Waals surface area contributed by atoms with Gasteiger partial charge in [-0.3, -0.25) is 4.57 Å². The molecule has 0 unspecified atom stereocenters. The molecular formula is C64H41N5. The van der Waals surface area contributed by atoms with Crippen LogP contribution in [0.3, 0.4) is 0 Å². The first-order valence-corrected chi connectivity index (χ1v) is 23.5. The van der Waals surface area contributed by atoms with E-state index in [1.165, 1.54) is 55.9 Å². The van der Waals surface area contributed by atoms with Crippen molar-refractivity contribution in [3.05, 3.63) is 271 Å². The molecule has 1 aliphatic heterocycles. The molecule has 10 aromatic carbocycles. The second-order valence-corrected chi connectivity index (χ2v) is 17.9. The maximum absolute atomic E-state index is 5.18. The van der Waals surface area contributed by atoms with Gasteiger partial charge < -0.3 is 4.90 Å². The Hall–Kier alpha value is -9.19. The number of hydrogen-bond acceptors (Lipinski definition) is 4. The summed E-state index contributed by atoms with van der Waals surface area (Å²) in [6.07, 6.45) is 0. The lowest BCUT2D eigenvalue weighted by Crippen LogP contribution is -2.36. The van der Waals surface area contributed by atoms with Gasteiger partial charge in [-0.15, -0.1) is 0 Å². The van der Waals surface area contributed by atoms with Crippen LogP contribution in [0.25, 0.3) is 83.9 Å². The molecule has 2 aliphatic rings. The molecule has 5 nitrogen and oxygen atoms in total. The van der Waals surface area contributed by atoms with Crippen LogP contribution in [0.4, 0.5) is 17.1 Å². The molecule has 0 saturated carbocycles. The summed E-state index contributed by atoms with van der Waals surface area (Å²) in [6, 6.07) is 89.6. The van der Waals surface area contributed by atoms with Crippen molar-refractivity contribution in [2.24, 2.45) is 0 Å². The molecule has 322 valence electrons. The van der Waals surface area contributed by atoms with E-state index in [1.54, 1.807) is 0 Å². The topological polar surface area (TPSA) is 46.8 Å². The molecule has 1 aliphatic carbocycles. The van der Waals surface area contributed by atoms with Crippen LogP contribution in [0, 0.1) is 0 Å². The van der Waals surface area contributed by atoms with E-state index < -0.39 is 5.41 Å². The average Bonchev–Trinajstić information content (AvgIpc) is 3.92. The maximum atomic E-state index is 5.18. The third kappa shape index (κ3) is 5.94. The van der Waals surface area contributed by atoms with E-state index in [0.717, 1.165) is 49.7 Å². The summed E-state index contributed by atoms with van der Waals surface area (Å²) < 4.78 is 2.19. The third-order valence-corrected chi connectivity index (χ3v) is 14.2. The van der Waals surface area contributed by atoms with Crippen LogP contribution in [0.2, 0.25) is 0 Å². The number of fused-ring (bicyclic) bond motifs is 12. The Labute approximate surface area is 399 Å². The van der Waals surface area contributed by atoms with E-state index in [2.05, 4.69) is 222 Å². The van der Waals surface area contributed by atoms with Crippen molar-refractivity contribution < 1.29 is 0 Å². The smallest absolute Gasteiger partial charge is 0.238 e. The van der Waals surface area contributed by atoms with Crippen molar-refractivity contribution in [3.8, 4) is 62.1 Å². The Morgan fingerprint density at radius 3 is 1.51 bits per heavy atom. The SMILES string of the molecule is c1ccc(-c2cccc(N3c4ccccc4C4(c5ccccc5-c5ccc(-c6ccc7c(c6)c6ccccc6n7-c6nc(-c7ccccc7)nc(-c7ccccc7)n6)cc54)c4ccccc43)c2)cc1. The Kier molecular flexibility index (Phi) is 8.73. The first kappa shape index (κ1) is 39.0. The number of aromatic nitrogens is 4. The van der Waals surface area contributed by atoms with Crippen LogP contribution in [0.1, 0.15) is 22.3 Å². The summed E-state index contributed by atoms with van der Waals surface area (Å²) in [6.45, 7) is 0. The Morgan fingerprint density at radius 2 is 0.812 bits per heavy atom. The second-order valence-electron chi connectivity index (χ2n) is 17.9. The molecule has 0 amide bonds. The highest BCUT2D eigenvalue weighted by Crippen LogP contribution is 2.63. The van der Waals surface area contributed by atoms with E-state index in [4.69, 9.17) is 15.0 Å². The molecule has 5 heteroatoms. The summed E-state index contributed by atoms with van der Waals surface area (Å²) in [5.41, 5.74) is 19.2. The van der Waals surface area contributed by atoms with E-state index in [-0.39, 0.29) is 0 Å². The summed E-state index contributed by atoms with van der Waals surface area (Å²) >= 11 is 0. The van der Waals surface area contributed by atoms with Gasteiger partial charge >= 0.3 is 0 Å². The van der Waals surface area contributed by atoms with Gasteiger partial charge in [-0.05, 0) is 104 Å². The number of benzene rings is 10. The van der Waals surface area contributed by atoms with Crippen molar-refractivity contribution in [1.82, 2.24) is 19.5 Å². The minimum absolute atomic E-state index is 0.575. The third-order valence-electron chi connectivity index (χ3n) is 14.2. The molecule has 0 saturated heterocycles. The molecule has 2 aromatic heterocycles. The monoisotopic (exact) mass is 879 g/mol. The predicted octanol–water partition coefficient (Wildman–Crippen LogP) is 15.8. The van der Waals surface area contributed by atoms with E-state index in [1.807, 2.05) is 36.4 Å². The van der Waals surface area contributed by atoms with Crippen LogP contribution < -0.4 is 4.90 Å². The van der Waals surface area contributed by atoms with Crippen LogP contribution >= 0.6 is 0 Å². The number of hydrogen-bond donors (Lipinski definition) is 0.